The Bertz CT molecular complexity index is 360. The molecule has 1 heterocycles. The third-order valence-electron chi connectivity index (χ3n) is 2.61. The number of pyridine rings is 1. The molecule has 0 spiro atoms. The number of carbonyl (C=O) groups is 1. The molecule has 0 radical (unpaired) electrons. The number of hydrogen-bond donors (Lipinski definition) is 0. The summed E-state index contributed by atoms with van der Waals surface area (Å²) < 4.78 is 4.98. The van der Waals surface area contributed by atoms with E-state index < -0.39 is 0 Å². The Morgan fingerprint density at radius 2 is 2.18 bits per heavy atom. The van der Waals surface area contributed by atoms with E-state index in [0.29, 0.717) is 13.0 Å². The predicted molar refractivity (Wildman–Crippen MR) is 66.7 cm³/mol. The van der Waals surface area contributed by atoms with Crippen molar-refractivity contribution in [2.75, 3.05) is 20.7 Å². The molecule has 17 heavy (non-hydrogen) atoms. The third kappa shape index (κ3) is 4.15. The summed E-state index contributed by atoms with van der Waals surface area (Å²) in [6, 6.07) is 3.98. The summed E-state index contributed by atoms with van der Waals surface area (Å²) in [5, 5.41) is 0. The van der Waals surface area contributed by atoms with Crippen molar-refractivity contribution in [2.24, 2.45) is 0 Å². The Balaban J connectivity index is 2.79. The number of hydrogen-bond acceptors (Lipinski definition) is 4. The molecular formula is C13H20N2O2. The lowest BCUT2D eigenvalue weighted by Crippen LogP contribution is -2.24. The largest absolute Gasteiger partial charge is 0.466 e. The van der Waals surface area contributed by atoms with E-state index in [1.807, 2.05) is 51.2 Å². The second kappa shape index (κ2) is 6.35. The SMILES string of the molecule is CCOC(=O)CC(c1ccc(C)nc1)N(C)C. The highest BCUT2D eigenvalue weighted by Gasteiger charge is 2.19. The molecule has 1 unspecified atom stereocenters. The first-order valence-electron chi connectivity index (χ1n) is 5.79. The van der Waals surface area contributed by atoms with Gasteiger partial charge < -0.3 is 9.64 Å². The molecule has 0 N–H and O–H groups in total. The van der Waals surface area contributed by atoms with Gasteiger partial charge in [-0.2, -0.15) is 0 Å². The molecular weight excluding hydrogens is 216 g/mol. The molecule has 0 saturated carbocycles. The van der Waals surface area contributed by atoms with Crippen molar-refractivity contribution < 1.29 is 9.53 Å². The van der Waals surface area contributed by atoms with E-state index in [2.05, 4.69) is 4.98 Å². The first-order valence-corrected chi connectivity index (χ1v) is 5.79. The maximum atomic E-state index is 11.5. The topological polar surface area (TPSA) is 42.4 Å². The van der Waals surface area contributed by atoms with Gasteiger partial charge in [0.1, 0.15) is 0 Å². The van der Waals surface area contributed by atoms with Crippen LogP contribution in [0.2, 0.25) is 0 Å². The zero-order chi connectivity index (χ0) is 12.8. The minimum atomic E-state index is -0.174. The van der Waals surface area contributed by atoms with Gasteiger partial charge in [-0.15, -0.1) is 0 Å². The molecule has 0 bridgehead atoms. The standard InChI is InChI=1S/C13H20N2O2/c1-5-17-13(16)8-12(15(3)4)11-7-6-10(2)14-9-11/h6-7,9,12H,5,8H2,1-4H3. The second-order valence-corrected chi connectivity index (χ2v) is 4.22. The van der Waals surface area contributed by atoms with Crippen LogP contribution in [0.4, 0.5) is 0 Å². The number of carbonyl (C=O) groups excluding carboxylic acids is 1. The Morgan fingerprint density at radius 3 is 2.65 bits per heavy atom. The maximum Gasteiger partial charge on any atom is 0.307 e. The van der Waals surface area contributed by atoms with Crippen molar-refractivity contribution in [1.82, 2.24) is 9.88 Å². The summed E-state index contributed by atoms with van der Waals surface area (Å²) in [5.41, 5.74) is 2.01. The highest BCUT2D eigenvalue weighted by Crippen LogP contribution is 2.21. The van der Waals surface area contributed by atoms with Crippen molar-refractivity contribution in [3.05, 3.63) is 29.6 Å². The normalized spacial score (nSPS) is 12.5. The van der Waals surface area contributed by atoms with Crippen LogP contribution < -0.4 is 0 Å². The molecule has 0 fully saturated rings. The lowest BCUT2D eigenvalue weighted by Gasteiger charge is -2.23. The van der Waals surface area contributed by atoms with Crippen molar-refractivity contribution in [2.45, 2.75) is 26.3 Å². The van der Waals surface area contributed by atoms with E-state index in [1.54, 1.807) is 0 Å². The lowest BCUT2D eigenvalue weighted by atomic mass is 10.0. The maximum absolute atomic E-state index is 11.5. The van der Waals surface area contributed by atoms with Gasteiger partial charge in [0.05, 0.1) is 13.0 Å². The van der Waals surface area contributed by atoms with Crippen LogP contribution in [0, 0.1) is 6.92 Å². The van der Waals surface area contributed by atoms with E-state index in [-0.39, 0.29) is 12.0 Å². The molecule has 1 aromatic rings. The molecule has 4 nitrogen and oxygen atoms in total. The van der Waals surface area contributed by atoms with E-state index in [9.17, 15) is 4.79 Å². The highest BCUT2D eigenvalue weighted by atomic mass is 16.5. The quantitative estimate of drug-likeness (QED) is 0.733. The fourth-order valence-corrected chi connectivity index (χ4v) is 1.65. The Hall–Kier alpha value is -1.42. The van der Waals surface area contributed by atoms with Gasteiger partial charge in [0.25, 0.3) is 0 Å². The molecule has 94 valence electrons. The van der Waals surface area contributed by atoms with Crippen molar-refractivity contribution in [3.63, 3.8) is 0 Å². The van der Waals surface area contributed by atoms with Crippen LogP contribution in [0.5, 0.6) is 0 Å². The van der Waals surface area contributed by atoms with Crippen LogP contribution >= 0.6 is 0 Å². The number of aromatic nitrogens is 1. The van der Waals surface area contributed by atoms with E-state index in [1.165, 1.54) is 0 Å². The second-order valence-electron chi connectivity index (χ2n) is 4.22. The minimum absolute atomic E-state index is 0.0159. The number of ether oxygens (including phenoxy) is 1. The lowest BCUT2D eigenvalue weighted by molar-refractivity contribution is -0.144. The number of aryl methyl sites for hydroxylation is 1. The molecule has 0 aliphatic carbocycles. The first-order chi connectivity index (χ1) is 8.04. The summed E-state index contributed by atoms with van der Waals surface area (Å²) in [6.45, 7) is 4.18. The van der Waals surface area contributed by atoms with Gasteiger partial charge in [-0.1, -0.05) is 6.07 Å². The van der Waals surface area contributed by atoms with Gasteiger partial charge >= 0.3 is 5.97 Å². The zero-order valence-corrected chi connectivity index (χ0v) is 10.9. The van der Waals surface area contributed by atoms with Crippen molar-refractivity contribution >= 4 is 5.97 Å². The Morgan fingerprint density at radius 1 is 1.47 bits per heavy atom. The molecule has 4 heteroatoms. The summed E-state index contributed by atoms with van der Waals surface area (Å²) in [5.74, 6) is -0.174. The molecule has 0 aromatic carbocycles. The number of rotatable bonds is 5. The van der Waals surface area contributed by atoms with Gasteiger partial charge in [-0.25, -0.2) is 0 Å². The summed E-state index contributed by atoms with van der Waals surface area (Å²) in [6.07, 6.45) is 2.17. The van der Waals surface area contributed by atoms with Crippen LogP contribution in [-0.2, 0) is 9.53 Å². The number of nitrogens with zero attached hydrogens (tertiary/aromatic N) is 2. The van der Waals surface area contributed by atoms with E-state index >= 15 is 0 Å². The minimum Gasteiger partial charge on any atom is -0.466 e. The van der Waals surface area contributed by atoms with E-state index in [4.69, 9.17) is 4.74 Å². The predicted octanol–water partition coefficient (Wildman–Crippen LogP) is 1.95. The summed E-state index contributed by atoms with van der Waals surface area (Å²) >= 11 is 0. The van der Waals surface area contributed by atoms with Gasteiger partial charge in [-0.3, -0.25) is 9.78 Å². The fourth-order valence-electron chi connectivity index (χ4n) is 1.65. The number of esters is 1. The van der Waals surface area contributed by atoms with Crippen LogP contribution in [0.25, 0.3) is 0 Å². The Kier molecular flexibility index (Phi) is 5.10. The van der Waals surface area contributed by atoms with Crippen molar-refractivity contribution in [1.29, 1.82) is 0 Å². The van der Waals surface area contributed by atoms with Crippen LogP contribution in [0.3, 0.4) is 0 Å². The highest BCUT2D eigenvalue weighted by molar-refractivity contribution is 5.70. The Labute approximate surface area is 103 Å². The van der Waals surface area contributed by atoms with Crippen LogP contribution in [0.1, 0.15) is 30.6 Å². The molecule has 1 rings (SSSR count). The zero-order valence-electron chi connectivity index (χ0n) is 10.9. The fraction of sp³-hybridized carbons (Fsp3) is 0.538. The van der Waals surface area contributed by atoms with Crippen molar-refractivity contribution in [3.8, 4) is 0 Å². The van der Waals surface area contributed by atoms with Gasteiger partial charge in [0.15, 0.2) is 0 Å². The average Bonchev–Trinajstić information content (AvgIpc) is 2.27. The third-order valence-corrected chi connectivity index (χ3v) is 2.61. The molecule has 1 aromatic heterocycles. The monoisotopic (exact) mass is 236 g/mol. The molecule has 0 amide bonds. The van der Waals surface area contributed by atoms with Gasteiger partial charge in [-0.05, 0) is 39.6 Å². The average molecular weight is 236 g/mol. The summed E-state index contributed by atoms with van der Waals surface area (Å²) in [7, 11) is 3.90. The molecule has 0 aliphatic heterocycles. The summed E-state index contributed by atoms with van der Waals surface area (Å²) in [4.78, 5) is 17.8. The molecule has 1 atom stereocenters. The van der Waals surface area contributed by atoms with E-state index in [0.717, 1.165) is 11.3 Å². The molecule has 0 saturated heterocycles. The smallest absolute Gasteiger partial charge is 0.307 e. The molecule has 0 aliphatic rings. The van der Waals surface area contributed by atoms with Crippen LogP contribution in [0.15, 0.2) is 18.3 Å². The first kappa shape index (κ1) is 13.6. The van der Waals surface area contributed by atoms with Gasteiger partial charge in [0, 0.05) is 17.9 Å². The van der Waals surface area contributed by atoms with Gasteiger partial charge in [0.2, 0.25) is 0 Å². The van der Waals surface area contributed by atoms with Crippen LogP contribution in [-0.4, -0.2) is 36.6 Å².